The number of nitrogens with two attached hydrogens (primary N) is 1. The normalized spacial score (nSPS) is 12.1. The van der Waals surface area contributed by atoms with Crippen molar-refractivity contribution in [1.29, 1.82) is 0 Å². The SMILES string of the molecule is COc1ccc2[nH]c(C)c(C(C)(C)N)c2c1. The van der Waals surface area contributed by atoms with Gasteiger partial charge < -0.3 is 15.5 Å². The monoisotopic (exact) mass is 218 g/mol. The van der Waals surface area contributed by atoms with Gasteiger partial charge in [0.05, 0.1) is 7.11 Å². The Morgan fingerprint density at radius 2 is 2.00 bits per heavy atom. The van der Waals surface area contributed by atoms with Crippen LogP contribution in [0.5, 0.6) is 5.75 Å². The van der Waals surface area contributed by atoms with Crippen LogP contribution in [0.25, 0.3) is 10.9 Å². The van der Waals surface area contributed by atoms with Crippen LogP contribution in [-0.2, 0) is 5.54 Å². The van der Waals surface area contributed by atoms with Crippen LogP contribution < -0.4 is 10.5 Å². The second-order valence-electron chi connectivity index (χ2n) is 4.76. The topological polar surface area (TPSA) is 51.0 Å². The molecule has 0 unspecified atom stereocenters. The highest BCUT2D eigenvalue weighted by molar-refractivity contribution is 5.87. The Bertz CT molecular complexity index is 520. The van der Waals surface area contributed by atoms with Gasteiger partial charge in [0.15, 0.2) is 0 Å². The van der Waals surface area contributed by atoms with Crippen molar-refractivity contribution >= 4 is 10.9 Å². The van der Waals surface area contributed by atoms with Gasteiger partial charge in [0, 0.05) is 22.1 Å². The molecule has 0 fully saturated rings. The van der Waals surface area contributed by atoms with Gasteiger partial charge in [0.1, 0.15) is 5.75 Å². The minimum absolute atomic E-state index is 0.352. The average Bonchev–Trinajstić information content (AvgIpc) is 2.51. The van der Waals surface area contributed by atoms with E-state index in [0.717, 1.165) is 27.9 Å². The second kappa shape index (κ2) is 3.52. The molecule has 1 aromatic heterocycles. The van der Waals surface area contributed by atoms with Crippen LogP contribution in [-0.4, -0.2) is 12.1 Å². The van der Waals surface area contributed by atoms with Crippen LogP contribution in [0.4, 0.5) is 0 Å². The summed E-state index contributed by atoms with van der Waals surface area (Å²) in [6.07, 6.45) is 0. The molecule has 86 valence electrons. The molecule has 0 aliphatic rings. The number of rotatable bonds is 2. The van der Waals surface area contributed by atoms with E-state index in [1.165, 1.54) is 0 Å². The third-order valence-corrected chi connectivity index (χ3v) is 2.84. The largest absolute Gasteiger partial charge is 0.497 e. The Labute approximate surface area is 95.6 Å². The van der Waals surface area contributed by atoms with Crippen molar-refractivity contribution in [2.45, 2.75) is 26.3 Å². The number of methoxy groups -OCH3 is 1. The first-order valence-corrected chi connectivity index (χ1v) is 5.39. The third-order valence-electron chi connectivity index (χ3n) is 2.84. The molecule has 16 heavy (non-hydrogen) atoms. The Hall–Kier alpha value is -1.48. The van der Waals surface area contributed by atoms with E-state index in [-0.39, 0.29) is 5.54 Å². The lowest BCUT2D eigenvalue weighted by atomic mass is 9.93. The Balaban J connectivity index is 2.76. The standard InChI is InChI=1S/C13H18N2O/c1-8-12(13(2,3)14)10-7-9(16-4)5-6-11(10)15-8/h5-7,15H,14H2,1-4H3. The van der Waals surface area contributed by atoms with Gasteiger partial charge in [0.2, 0.25) is 0 Å². The fourth-order valence-corrected chi connectivity index (χ4v) is 2.26. The van der Waals surface area contributed by atoms with Gasteiger partial charge in [-0.05, 0) is 44.5 Å². The first kappa shape index (κ1) is 11.0. The molecule has 3 heteroatoms. The van der Waals surface area contributed by atoms with E-state index in [4.69, 9.17) is 10.5 Å². The highest BCUT2D eigenvalue weighted by Crippen LogP contribution is 2.32. The van der Waals surface area contributed by atoms with Gasteiger partial charge in [-0.25, -0.2) is 0 Å². The van der Waals surface area contributed by atoms with E-state index < -0.39 is 0 Å². The summed E-state index contributed by atoms with van der Waals surface area (Å²) in [5, 5.41) is 1.14. The number of hydrogen-bond donors (Lipinski definition) is 2. The second-order valence-corrected chi connectivity index (χ2v) is 4.76. The molecule has 0 saturated carbocycles. The number of benzene rings is 1. The molecular formula is C13H18N2O. The van der Waals surface area contributed by atoms with Crippen LogP contribution in [0.3, 0.4) is 0 Å². The molecule has 0 spiro atoms. The number of H-pyrrole nitrogens is 1. The van der Waals surface area contributed by atoms with Crippen molar-refractivity contribution in [2.24, 2.45) is 5.73 Å². The van der Waals surface area contributed by atoms with E-state index in [0.29, 0.717) is 0 Å². The molecule has 1 heterocycles. The number of aromatic amines is 1. The maximum atomic E-state index is 6.20. The predicted octanol–water partition coefficient (Wildman–Crippen LogP) is 2.68. The summed E-state index contributed by atoms with van der Waals surface area (Å²) in [5.74, 6) is 0.858. The summed E-state index contributed by atoms with van der Waals surface area (Å²) in [6, 6.07) is 6.00. The van der Waals surface area contributed by atoms with Gasteiger partial charge in [-0.1, -0.05) is 0 Å². The van der Waals surface area contributed by atoms with Crippen LogP contribution in [0, 0.1) is 6.92 Å². The summed E-state index contributed by atoms with van der Waals surface area (Å²) in [6.45, 7) is 6.08. The number of fused-ring (bicyclic) bond motifs is 1. The van der Waals surface area contributed by atoms with Crippen molar-refractivity contribution < 1.29 is 4.74 Å². The highest BCUT2D eigenvalue weighted by atomic mass is 16.5. The van der Waals surface area contributed by atoms with Gasteiger partial charge in [-0.15, -0.1) is 0 Å². The van der Waals surface area contributed by atoms with Gasteiger partial charge in [0.25, 0.3) is 0 Å². The zero-order valence-corrected chi connectivity index (χ0v) is 10.2. The first-order valence-electron chi connectivity index (χ1n) is 5.39. The molecule has 0 saturated heterocycles. The molecule has 0 aliphatic carbocycles. The summed E-state index contributed by atoms with van der Waals surface area (Å²) < 4.78 is 5.24. The molecule has 2 aromatic rings. The fraction of sp³-hybridized carbons (Fsp3) is 0.385. The van der Waals surface area contributed by atoms with Crippen molar-refractivity contribution in [3.8, 4) is 5.75 Å². The molecule has 0 aliphatic heterocycles. The smallest absolute Gasteiger partial charge is 0.119 e. The van der Waals surface area contributed by atoms with Crippen molar-refractivity contribution in [2.75, 3.05) is 7.11 Å². The molecule has 0 amide bonds. The van der Waals surface area contributed by atoms with E-state index in [9.17, 15) is 0 Å². The predicted molar refractivity (Wildman–Crippen MR) is 66.8 cm³/mol. The minimum atomic E-state index is -0.352. The van der Waals surface area contributed by atoms with Crippen LogP contribution in [0.2, 0.25) is 0 Å². The van der Waals surface area contributed by atoms with E-state index >= 15 is 0 Å². The van der Waals surface area contributed by atoms with Crippen molar-refractivity contribution in [3.63, 3.8) is 0 Å². The number of aryl methyl sites for hydroxylation is 1. The number of aromatic nitrogens is 1. The molecule has 1 aromatic carbocycles. The lowest BCUT2D eigenvalue weighted by Gasteiger charge is -2.19. The van der Waals surface area contributed by atoms with E-state index in [2.05, 4.69) is 11.9 Å². The summed E-state index contributed by atoms with van der Waals surface area (Å²) >= 11 is 0. The Morgan fingerprint density at radius 1 is 1.31 bits per heavy atom. The van der Waals surface area contributed by atoms with Gasteiger partial charge in [-0.3, -0.25) is 0 Å². The van der Waals surface area contributed by atoms with Crippen molar-refractivity contribution in [1.82, 2.24) is 4.98 Å². The van der Waals surface area contributed by atoms with Crippen LogP contribution in [0.1, 0.15) is 25.1 Å². The minimum Gasteiger partial charge on any atom is -0.497 e. The fourth-order valence-electron chi connectivity index (χ4n) is 2.26. The number of nitrogens with one attached hydrogen (secondary N) is 1. The molecule has 0 bridgehead atoms. The summed E-state index contributed by atoms with van der Waals surface area (Å²) in [5.41, 5.74) is 9.23. The van der Waals surface area contributed by atoms with Gasteiger partial charge >= 0.3 is 0 Å². The molecule has 3 N–H and O–H groups in total. The molecular weight excluding hydrogens is 200 g/mol. The first-order chi connectivity index (χ1) is 7.43. The third kappa shape index (κ3) is 1.67. The van der Waals surface area contributed by atoms with Crippen molar-refractivity contribution in [3.05, 3.63) is 29.5 Å². The van der Waals surface area contributed by atoms with Crippen LogP contribution in [0.15, 0.2) is 18.2 Å². The van der Waals surface area contributed by atoms with E-state index in [1.54, 1.807) is 7.11 Å². The Kier molecular flexibility index (Phi) is 2.43. The average molecular weight is 218 g/mol. The maximum Gasteiger partial charge on any atom is 0.119 e. The maximum absolute atomic E-state index is 6.20. The van der Waals surface area contributed by atoms with Crippen LogP contribution >= 0.6 is 0 Å². The lowest BCUT2D eigenvalue weighted by Crippen LogP contribution is -2.29. The molecule has 2 rings (SSSR count). The lowest BCUT2D eigenvalue weighted by molar-refractivity contribution is 0.415. The zero-order valence-electron chi connectivity index (χ0n) is 10.2. The van der Waals surface area contributed by atoms with E-state index in [1.807, 2.05) is 32.0 Å². The summed E-state index contributed by atoms with van der Waals surface area (Å²) in [7, 11) is 1.67. The zero-order chi connectivity index (χ0) is 11.9. The number of hydrogen-bond acceptors (Lipinski definition) is 2. The number of ether oxygens (including phenoxy) is 1. The highest BCUT2D eigenvalue weighted by Gasteiger charge is 2.21. The molecule has 0 radical (unpaired) electrons. The van der Waals surface area contributed by atoms with Gasteiger partial charge in [-0.2, -0.15) is 0 Å². The Morgan fingerprint density at radius 3 is 2.56 bits per heavy atom. The molecule has 0 atom stereocenters. The molecule has 3 nitrogen and oxygen atoms in total. The quantitative estimate of drug-likeness (QED) is 0.814. The summed E-state index contributed by atoms with van der Waals surface area (Å²) in [4.78, 5) is 3.35.